The Hall–Kier alpha value is -1.77. The molecule has 2 aromatic carbocycles. The number of hydrogen-bond acceptors (Lipinski definition) is 2. The normalized spacial score (nSPS) is 15.9. The topological polar surface area (TPSA) is 15.3 Å². The predicted octanol–water partition coefficient (Wildman–Crippen LogP) is 3.39. The number of aryl methyl sites for hydroxylation is 2. The summed E-state index contributed by atoms with van der Waals surface area (Å²) >= 11 is 12.7. The molecule has 0 saturated heterocycles. The van der Waals surface area contributed by atoms with E-state index in [1.807, 2.05) is 18.2 Å². The predicted molar refractivity (Wildman–Crippen MR) is 131 cm³/mol. The van der Waals surface area contributed by atoms with Gasteiger partial charge in [-0.1, -0.05) is 23.2 Å². The van der Waals surface area contributed by atoms with E-state index in [0.29, 0.717) is 10.0 Å². The number of imidazole rings is 1. The van der Waals surface area contributed by atoms with Gasteiger partial charge in [0.25, 0.3) is 5.82 Å². The molecule has 0 spiro atoms. The largest absolute Gasteiger partial charge is 1.00 e. The zero-order valence-corrected chi connectivity index (χ0v) is 22.5. The van der Waals surface area contributed by atoms with Crippen LogP contribution in [-0.4, -0.2) is 17.7 Å². The van der Waals surface area contributed by atoms with Crippen LogP contribution in [0, 0.1) is 5.82 Å². The number of hydrogen-bond donors (Lipinski definition) is 0. The Morgan fingerprint density at radius 3 is 2.18 bits per heavy atom. The molecule has 2 aliphatic rings. The van der Waals surface area contributed by atoms with Crippen LogP contribution in [0.3, 0.4) is 0 Å². The van der Waals surface area contributed by atoms with Crippen LogP contribution in [0.1, 0.15) is 33.0 Å². The standard InChI is InChI=1S/C25H26Cl2FN4.HI/c1-4-29-22-14-18(26)19(27)15-23(22)30(5-2)24(29)10-7-16-11-12-32-21-13-17(28)8-9-20(21)31(6-3)25(16)32;/h7-10,13-15H,4-6,11-12H2,1-3H3;1H/q+1;/p-1. The lowest BCUT2D eigenvalue weighted by Crippen LogP contribution is -3.00. The van der Waals surface area contributed by atoms with Gasteiger partial charge in [0.2, 0.25) is 0 Å². The summed E-state index contributed by atoms with van der Waals surface area (Å²) in [5.74, 6) is 2.08. The number of allylic oxidation sites excluding steroid dienone is 3. The van der Waals surface area contributed by atoms with Gasteiger partial charge in [-0.3, -0.25) is 0 Å². The average molecular weight is 599 g/mol. The number of rotatable bonds is 4. The molecule has 0 atom stereocenters. The minimum Gasteiger partial charge on any atom is -1.00 e. The number of fused-ring (bicyclic) bond motifs is 4. The quantitative estimate of drug-likeness (QED) is 0.338. The van der Waals surface area contributed by atoms with Crippen molar-refractivity contribution in [2.45, 2.75) is 40.3 Å². The van der Waals surface area contributed by atoms with Gasteiger partial charge in [-0.25, -0.2) is 13.5 Å². The molecule has 0 saturated carbocycles. The third-order valence-electron chi connectivity index (χ3n) is 6.46. The van der Waals surface area contributed by atoms with Crippen molar-refractivity contribution >= 4 is 51.2 Å². The van der Waals surface area contributed by atoms with Crippen molar-refractivity contribution in [1.29, 1.82) is 0 Å². The second kappa shape index (κ2) is 9.47. The monoisotopic (exact) mass is 598 g/mol. The molecule has 174 valence electrons. The minimum absolute atomic E-state index is 0. The number of benzene rings is 2. The first-order chi connectivity index (χ1) is 15.5. The summed E-state index contributed by atoms with van der Waals surface area (Å²) in [6, 6.07) is 8.97. The van der Waals surface area contributed by atoms with E-state index < -0.39 is 0 Å². The third-order valence-corrected chi connectivity index (χ3v) is 7.18. The van der Waals surface area contributed by atoms with Gasteiger partial charge in [-0.05, 0) is 57.2 Å². The molecule has 1 aromatic heterocycles. The Bertz CT molecular complexity index is 1260. The number of anilines is 2. The summed E-state index contributed by atoms with van der Waals surface area (Å²) in [7, 11) is 0. The lowest BCUT2D eigenvalue weighted by molar-refractivity contribution is -0.670. The maximum absolute atomic E-state index is 13.9. The second-order valence-corrected chi connectivity index (χ2v) is 8.88. The van der Waals surface area contributed by atoms with Crippen LogP contribution in [0.2, 0.25) is 10.0 Å². The average Bonchev–Trinajstić information content (AvgIpc) is 3.41. The van der Waals surface area contributed by atoms with Crippen molar-refractivity contribution in [2.24, 2.45) is 0 Å². The van der Waals surface area contributed by atoms with E-state index >= 15 is 0 Å². The Labute approximate surface area is 220 Å². The maximum Gasteiger partial charge on any atom is 0.285 e. The lowest BCUT2D eigenvalue weighted by atomic mass is 10.2. The first-order valence-corrected chi connectivity index (χ1v) is 11.9. The van der Waals surface area contributed by atoms with Crippen molar-refractivity contribution in [2.75, 3.05) is 22.9 Å². The highest BCUT2D eigenvalue weighted by Gasteiger charge is 2.34. The van der Waals surface area contributed by atoms with Gasteiger partial charge in [0.15, 0.2) is 11.0 Å². The van der Waals surface area contributed by atoms with Crippen molar-refractivity contribution in [3.8, 4) is 0 Å². The van der Waals surface area contributed by atoms with Gasteiger partial charge in [0.1, 0.15) is 11.6 Å². The van der Waals surface area contributed by atoms with E-state index in [1.54, 1.807) is 12.1 Å². The fraction of sp³-hybridized carbons (Fsp3) is 0.320. The Morgan fingerprint density at radius 2 is 1.61 bits per heavy atom. The second-order valence-electron chi connectivity index (χ2n) is 8.06. The molecule has 0 fully saturated rings. The third kappa shape index (κ3) is 3.84. The van der Waals surface area contributed by atoms with Crippen molar-refractivity contribution in [3.63, 3.8) is 0 Å². The molecule has 8 heteroatoms. The zero-order chi connectivity index (χ0) is 22.6. The van der Waals surface area contributed by atoms with Gasteiger partial charge >= 0.3 is 0 Å². The van der Waals surface area contributed by atoms with Gasteiger partial charge in [-0.2, -0.15) is 0 Å². The maximum atomic E-state index is 13.9. The van der Waals surface area contributed by atoms with Gasteiger partial charge in [-0.15, -0.1) is 0 Å². The van der Waals surface area contributed by atoms with Gasteiger partial charge in [0.05, 0.1) is 34.5 Å². The molecule has 4 nitrogen and oxygen atoms in total. The van der Waals surface area contributed by atoms with Crippen LogP contribution in [0.5, 0.6) is 0 Å². The summed E-state index contributed by atoms with van der Waals surface area (Å²) in [5, 5.41) is 1.13. The van der Waals surface area contributed by atoms with Gasteiger partial charge in [0, 0.05) is 31.1 Å². The van der Waals surface area contributed by atoms with Crippen LogP contribution in [0.25, 0.3) is 16.6 Å². The number of nitrogens with zero attached hydrogens (tertiary/aromatic N) is 4. The van der Waals surface area contributed by atoms with E-state index in [-0.39, 0.29) is 29.8 Å². The molecule has 0 N–H and O–H groups in total. The molecule has 0 bridgehead atoms. The lowest BCUT2D eigenvalue weighted by Gasteiger charge is -2.23. The summed E-state index contributed by atoms with van der Waals surface area (Å²) < 4.78 is 18.5. The molecular weight excluding hydrogens is 573 g/mol. The van der Waals surface area contributed by atoms with E-state index in [2.05, 4.69) is 51.9 Å². The summed E-state index contributed by atoms with van der Waals surface area (Å²) in [6.45, 7) is 9.76. The molecule has 5 rings (SSSR count). The van der Waals surface area contributed by atoms with Crippen LogP contribution < -0.4 is 38.3 Å². The molecule has 0 unspecified atom stereocenters. The summed E-state index contributed by atoms with van der Waals surface area (Å²) in [6.07, 6.45) is 5.34. The van der Waals surface area contributed by atoms with E-state index in [4.69, 9.17) is 23.2 Å². The van der Waals surface area contributed by atoms with Crippen LogP contribution >= 0.6 is 23.2 Å². The first-order valence-electron chi connectivity index (χ1n) is 11.1. The summed E-state index contributed by atoms with van der Waals surface area (Å²) in [5.41, 5.74) is 5.45. The van der Waals surface area contributed by atoms with Crippen molar-refractivity contribution < 1.29 is 32.9 Å². The molecule has 0 aliphatic carbocycles. The Morgan fingerprint density at radius 1 is 0.970 bits per heavy atom. The number of halogens is 4. The Kier molecular flexibility index (Phi) is 6.99. The summed E-state index contributed by atoms with van der Waals surface area (Å²) in [4.78, 5) is 4.54. The van der Waals surface area contributed by atoms with Crippen LogP contribution in [0.15, 0.2) is 48.3 Å². The molecule has 0 amide bonds. The highest BCUT2D eigenvalue weighted by atomic mass is 127. The van der Waals surface area contributed by atoms with Crippen LogP contribution in [0.4, 0.5) is 15.8 Å². The molecular formula is C25H26Cl2FIN4. The smallest absolute Gasteiger partial charge is 0.285 e. The molecule has 3 aromatic rings. The Balaban J connectivity index is 0.00000259. The van der Waals surface area contributed by atoms with Crippen molar-refractivity contribution in [1.82, 2.24) is 4.57 Å². The van der Waals surface area contributed by atoms with Crippen molar-refractivity contribution in [3.05, 3.63) is 70.0 Å². The van der Waals surface area contributed by atoms with Crippen LogP contribution in [-0.2, 0) is 13.1 Å². The SMILES string of the molecule is CCN1C(=CC=C2CCn3c2[n+](CC)c2ccc(F)cc23)N(CC)c2cc(Cl)c(Cl)cc21.[I-]. The molecule has 2 aliphatic heterocycles. The van der Waals surface area contributed by atoms with E-state index in [9.17, 15) is 4.39 Å². The minimum atomic E-state index is -0.196. The molecule has 3 heterocycles. The first kappa shape index (κ1) is 24.4. The fourth-order valence-corrected chi connectivity index (χ4v) is 5.40. The van der Waals surface area contributed by atoms with Gasteiger partial charge < -0.3 is 33.8 Å². The molecule has 33 heavy (non-hydrogen) atoms. The van der Waals surface area contributed by atoms with E-state index in [0.717, 1.165) is 66.7 Å². The fourth-order valence-electron chi connectivity index (χ4n) is 5.08. The molecule has 0 radical (unpaired) electrons. The van der Waals surface area contributed by atoms with E-state index in [1.165, 1.54) is 5.57 Å². The number of aromatic nitrogens is 2. The zero-order valence-electron chi connectivity index (χ0n) is 18.9. The highest BCUT2D eigenvalue weighted by Crippen LogP contribution is 2.45. The highest BCUT2D eigenvalue weighted by molar-refractivity contribution is 6.42.